The number of nitrogens with zero attached hydrogens (tertiary/aromatic N) is 5. The summed E-state index contributed by atoms with van der Waals surface area (Å²) < 4.78 is 0. The molecule has 3 heterocycles. The number of guanidine groups is 1. The van der Waals surface area contributed by atoms with E-state index in [4.69, 9.17) is 9.98 Å². The highest BCUT2D eigenvalue weighted by Gasteiger charge is 2.43. The fourth-order valence-electron chi connectivity index (χ4n) is 4.78. The minimum atomic E-state index is 0.598. The minimum absolute atomic E-state index is 0.598. The maximum Gasteiger partial charge on any atom is 0.194 e. The lowest BCUT2D eigenvalue weighted by Gasteiger charge is -2.38. The molecule has 0 atom stereocenters. The molecular weight excluding hydrogens is 348 g/mol. The largest absolute Gasteiger partial charge is 0.357 e. The number of anilines is 1. The van der Waals surface area contributed by atoms with Crippen LogP contribution in [0.1, 0.15) is 45.1 Å². The summed E-state index contributed by atoms with van der Waals surface area (Å²) in [4.78, 5) is 17.0. The summed E-state index contributed by atoms with van der Waals surface area (Å²) in [6.07, 6.45) is 7.56. The first-order valence-electron chi connectivity index (χ1n) is 11.2. The molecule has 1 aromatic rings. The number of hydrogen-bond donors (Lipinski definition) is 1. The molecule has 3 aliphatic rings. The van der Waals surface area contributed by atoms with Crippen molar-refractivity contribution in [2.24, 2.45) is 10.4 Å². The van der Waals surface area contributed by atoms with Gasteiger partial charge in [0.2, 0.25) is 0 Å². The van der Waals surface area contributed by atoms with Crippen LogP contribution in [0.3, 0.4) is 0 Å². The number of nitrogens with one attached hydrogen (secondary N) is 1. The molecule has 28 heavy (non-hydrogen) atoms. The van der Waals surface area contributed by atoms with Crippen LogP contribution in [-0.4, -0.2) is 73.1 Å². The summed E-state index contributed by atoms with van der Waals surface area (Å²) in [7, 11) is 0. The van der Waals surface area contributed by atoms with Crippen molar-refractivity contribution in [1.82, 2.24) is 20.1 Å². The average molecular weight is 385 g/mol. The standard InChI is InChI=1S/C22H36N6/c1-3-23-21(28-11-10-22(18-28)8-5-9-22)25-17-19-6-7-20(24-16-19)27-14-12-26(4-2)13-15-27/h6-7,16H,3-5,8-15,17-18H2,1-2H3,(H,23,25). The van der Waals surface area contributed by atoms with Gasteiger partial charge in [-0.1, -0.05) is 19.4 Å². The van der Waals surface area contributed by atoms with Crippen molar-refractivity contribution < 1.29 is 0 Å². The molecule has 4 rings (SSSR count). The summed E-state index contributed by atoms with van der Waals surface area (Å²) in [5.74, 6) is 2.17. The summed E-state index contributed by atoms with van der Waals surface area (Å²) in [6.45, 7) is 13.9. The third-order valence-electron chi connectivity index (χ3n) is 6.85. The zero-order valence-corrected chi connectivity index (χ0v) is 17.7. The van der Waals surface area contributed by atoms with E-state index in [-0.39, 0.29) is 0 Å². The molecule has 2 saturated heterocycles. The van der Waals surface area contributed by atoms with E-state index in [9.17, 15) is 0 Å². The zero-order valence-electron chi connectivity index (χ0n) is 17.7. The van der Waals surface area contributed by atoms with Crippen LogP contribution < -0.4 is 10.2 Å². The van der Waals surface area contributed by atoms with Crippen LogP contribution in [0.4, 0.5) is 5.82 Å². The van der Waals surface area contributed by atoms with E-state index in [1.54, 1.807) is 0 Å². The van der Waals surface area contributed by atoms with Crippen LogP contribution in [0, 0.1) is 5.41 Å². The van der Waals surface area contributed by atoms with E-state index in [1.807, 2.05) is 6.20 Å². The molecule has 3 fully saturated rings. The summed E-state index contributed by atoms with van der Waals surface area (Å²) >= 11 is 0. The summed E-state index contributed by atoms with van der Waals surface area (Å²) in [6, 6.07) is 4.36. The molecule has 6 nitrogen and oxygen atoms in total. The molecule has 0 amide bonds. The van der Waals surface area contributed by atoms with Gasteiger partial charge in [0.15, 0.2) is 5.96 Å². The molecule has 1 aromatic heterocycles. The van der Waals surface area contributed by atoms with Crippen LogP contribution in [0.15, 0.2) is 23.3 Å². The predicted octanol–water partition coefficient (Wildman–Crippen LogP) is 2.57. The van der Waals surface area contributed by atoms with Crippen LogP contribution >= 0.6 is 0 Å². The van der Waals surface area contributed by atoms with E-state index >= 15 is 0 Å². The Balaban J connectivity index is 1.35. The van der Waals surface area contributed by atoms with Gasteiger partial charge in [-0.2, -0.15) is 0 Å². The van der Waals surface area contributed by atoms with Gasteiger partial charge in [-0.25, -0.2) is 9.98 Å². The van der Waals surface area contributed by atoms with E-state index in [0.29, 0.717) is 12.0 Å². The second-order valence-corrected chi connectivity index (χ2v) is 8.64. The Morgan fingerprint density at radius 1 is 1.11 bits per heavy atom. The third kappa shape index (κ3) is 4.27. The first-order valence-corrected chi connectivity index (χ1v) is 11.2. The lowest BCUT2D eigenvalue weighted by Crippen LogP contribution is -2.46. The van der Waals surface area contributed by atoms with Crippen LogP contribution in [-0.2, 0) is 6.54 Å². The lowest BCUT2D eigenvalue weighted by atomic mass is 9.68. The van der Waals surface area contributed by atoms with Crippen molar-refractivity contribution in [2.75, 3.05) is 57.3 Å². The van der Waals surface area contributed by atoms with Crippen LogP contribution in [0.25, 0.3) is 0 Å². The molecule has 1 aliphatic carbocycles. The number of hydrogen-bond acceptors (Lipinski definition) is 4. The number of aromatic nitrogens is 1. The van der Waals surface area contributed by atoms with Crippen molar-refractivity contribution in [2.45, 2.75) is 46.1 Å². The van der Waals surface area contributed by atoms with Crippen molar-refractivity contribution in [3.8, 4) is 0 Å². The highest BCUT2D eigenvalue weighted by atomic mass is 15.3. The second kappa shape index (κ2) is 8.68. The van der Waals surface area contributed by atoms with Crippen LogP contribution in [0.2, 0.25) is 0 Å². The topological polar surface area (TPSA) is 47.0 Å². The second-order valence-electron chi connectivity index (χ2n) is 8.64. The molecule has 0 aromatic carbocycles. The van der Waals surface area contributed by atoms with Crippen molar-refractivity contribution in [1.29, 1.82) is 0 Å². The van der Waals surface area contributed by atoms with Gasteiger partial charge >= 0.3 is 0 Å². The summed E-state index contributed by atoms with van der Waals surface area (Å²) in [5, 5.41) is 3.50. The van der Waals surface area contributed by atoms with Gasteiger partial charge in [0.25, 0.3) is 0 Å². The summed E-state index contributed by atoms with van der Waals surface area (Å²) in [5.41, 5.74) is 1.78. The Labute approximate surface area is 170 Å². The number of likely N-dealkylation sites (tertiary alicyclic amines) is 1. The average Bonchev–Trinajstić information content (AvgIpc) is 3.18. The monoisotopic (exact) mass is 384 g/mol. The van der Waals surface area contributed by atoms with E-state index < -0.39 is 0 Å². The van der Waals surface area contributed by atoms with Crippen molar-refractivity contribution in [3.63, 3.8) is 0 Å². The maximum atomic E-state index is 4.92. The van der Waals surface area contributed by atoms with E-state index in [1.165, 1.54) is 37.8 Å². The molecule has 0 radical (unpaired) electrons. The Morgan fingerprint density at radius 2 is 1.93 bits per heavy atom. The highest BCUT2D eigenvalue weighted by Crippen LogP contribution is 2.47. The van der Waals surface area contributed by atoms with Crippen molar-refractivity contribution in [3.05, 3.63) is 23.9 Å². The SMILES string of the molecule is CCNC(=NCc1ccc(N2CCN(CC)CC2)nc1)N1CCC2(CCC2)C1. The first kappa shape index (κ1) is 19.5. The smallest absolute Gasteiger partial charge is 0.194 e. The molecule has 1 saturated carbocycles. The molecule has 1 N–H and O–H groups in total. The molecule has 154 valence electrons. The van der Waals surface area contributed by atoms with Gasteiger partial charge in [-0.3, -0.25) is 0 Å². The molecule has 0 unspecified atom stereocenters. The zero-order chi connectivity index (χ0) is 19.4. The predicted molar refractivity (Wildman–Crippen MR) is 116 cm³/mol. The van der Waals surface area contributed by atoms with Gasteiger partial charge in [-0.05, 0) is 49.8 Å². The van der Waals surface area contributed by atoms with Gasteiger partial charge in [-0.15, -0.1) is 0 Å². The number of rotatable bonds is 5. The van der Waals surface area contributed by atoms with Gasteiger partial charge in [0.1, 0.15) is 5.82 Å². The third-order valence-corrected chi connectivity index (χ3v) is 6.85. The van der Waals surface area contributed by atoms with E-state index in [2.05, 4.69) is 46.0 Å². The number of likely N-dealkylation sites (N-methyl/N-ethyl adjacent to an activating group) is 1. The maximum absolute atomic E-state index is 4.92. The quantitative estimate of drug-likeness (QED) is 0.625. The van der Waals surface area contributed by atoms with Gasteiger partial charge in [0.05, 0.1) is 6.54 Å². The van der Waals surface area contributed by atoms with Gasteiger partial charge < -0.3 is 20.0 Å². The Bertz CT molecular complexity index is 658. The van der Waals surface area contributed by atoms with Crippen molar-refractivity contribution >= 4 is 11.8 Å². The van der Waals surface area contributed by atoms with E-state index in [0.717, 1.165) is 57.6 Å². The normalized spacial score (nSPS) is 22.6. The Morgan fingerprint density at radius 3 is 2.50 bits per heavy atom. The van der Waals surface area contributed by atoms with Gasteiger partial charge in [0, 0.05) is 52.0 Å². The molecule has 2 aliphatic heterocycles. The fourth-order valence-corrected chi connectivity index (χ4v) is 4.78. The Kier molecular flexibility index (Phi) is 6.04. The number of piperazine rings is 1. The number of aliphatic imine (C=N–C) groups is 1. The minimum Gasteiger partial charge on any atom is -0.357 e. The Hall–Kier alpha value is -1.82. The highest BCUT2D eigenvalue weighted by molar-refractivity contribution is 5.80. The molecule has 0 bridgehead atoms. The van der Waals surface area contributed by atoms with Crippen LogP contribution in [0.5, 0.6) is 0 Å². The molecule has 1 spiro atoms. The lowest BCUT2D eigenvalue weighted by molar-refractivity contribution is 0.151. The molecule has 6 heteroatoms. The molecular formula is C22H36N6. The number of pyridine rings is 1. The first-order chi connectivity index (χ1) is 13.7. The fraction of sp³-hybridized carbons (Fsp3) is 0.727.